The molecule has 0 aliphatic heterocycles. The minimum atomic E-state index is -0.372. The summed E-state index contributed by atoms with van der Waals surface area (Å²) in [4.78, 5) is 0. The molecule has 18 heavy (non-hydrogen) atoms. The molecule has 2 rings (SSSR count). The van der Waals surface area contributed by atoms with E-state index in [4.69, 9.17) is 4.74 Å². The maximum absolute atomic E-state index is 13.5. The summed E-state index contributed by atoms with van der Waals surface area (Å²) in [7, 11) is 1.89. The van der Waals surface area contributed by atoms with Gasteiger partial charge in [0.05, 0.1) is 4.47 Å². The van der Waals surface area contributed by atoms with Crippen LogP contribution in [0.25, 0.3) is 0 Å². The zero-order chi connectivity index (χ0) is 13.0. The van der Waals surface area contributed by atoms with Crippen molar-refractivity contribution in [2.75, 3.05) is 7.05 Å². The number of benzene rings is 2. The summed E-state index contributed by atoms with van der Waals surface area (Å²) in [5.41, 5.74) is 1.13. The van der Waals surface area contributed by atoms with E-state index < -0.39 is 0 Å². The van der Waals surface area contributed by atoms with E-state index in [0.717, 1.165) is 16.6 Å². The third-order valence-corrected chi connectivity index (χ3v) is 3.05. The van der Waals surface area contributed by atoms with Gasteiger partial charge in [-0.15, -0.1) is 0 Å². The van der Waals surface area contributed by atoms with Gasteiger partial charge < -0.3 is 10.1 Å². The number of ether oxygens (including phenoxy) is 1. The summed E-state index contributed by atoms with van der Waals surface area (Å²) < 4.78 is 19.8. The second-order valence-corrected chi connectivity index (χ2v) is 4.68. The maximum Gasteiger partial charge on any atom is 0.165 e. The van der Waals surface area contributed by atoms with E-state index in [-0.39, 0.29) is 11.6 Å². The third-order valence-electron chi connectivity index (χ3n) is 2.43. The van der Waals surface area contributed by atoms with Crippen LogP contribution in [0.5, 0.6) is 11.5 Å². The summed E-state index contributed by atoms with van der Waals surface area (Å²) in [5.74, 6) is 0.447. The normalized spacial score (nSPS) is 10.4. The molecule has 0 unspecified atom stereocenters. The van der Waals surface area contributed by atoms with Crippen molar-refractivity contribution in [3.05, 3.63) is 58.3 Å². The Morgan fingerprint density at radius 1 is 1.17 bits per heavy atom. The highest BCUT2D eigenvalue weighted by Crippen LogP contribution is 2.31. The van der Waals surface area contributed by atoms with Crippen LogP contribution in [0.1, 0.15) is 5.56 Å². The number of hydrogen-bond acceptors (Lipinski definition) is 2. The molecule has 0 fully saturated rings. The number of nitrogens with one attached hydrogen (secondary N) is 1. The highest BCUT2D eigenvalue weighted by molar-refractivity contribution is 9.10. The standard InChI is InChI=1S/C14H13BrFNO/c1-17-9-10-6-7-13(11(15)8-10)18-14-5-3-2-4-12(14)16/h2-8,17H,9H2,1H3. The van der Waals surface area contributed by atoms with Gasteiger partial charge in [0.15, 0.2) is 11.6 Å². The molecule has 0 atom stereocenters. The van der Waals surface area contributed by atoms with Gasteiger partial charge >= 0.3 is 0 Å². The quantitative estimate of drug-likeness (QED) is 0.918. The molecule has 0 aromatic heterocycles. The van der Waals surface area contributed by atoms with Crippen LogP contribution in [-0.4, -0.2) is 7.05 Å². The highest BCUT2D eigenvalue weighted by Gasteiger charge is 2.07. The second kappa shape index (κ2) is 5.98. The summed E-state index contributed by atoms with van der Waals surface area (Å²) in [6.07, 6.45) is 0. The fourth-order valence-electron chi connectivity index (χ4n) is 1.59. The van der Waals surface area contributed by atoms with E-state index in [2.05, 4.69) is 21.2 Å². The van der Waals surface area contributed by atoms with Crippen molar-refractivity contribution in [3.63, 3.8) is 0 Å². The van der Waals surface area contributed by atoms with Gasteiger partial charge in [-0.3, -0.25) is 0 Å². The average Bonchev–Trinajstić information content (AvgIpc) is 2.35. The van der Waals surface area contributed by atoms with Crippen LogP contribution in [0.15, 0.2) is 46.9 Å². The Morgan fingerprint density at radius 2 is 1.94 bits per heavy atom. The summed E-state index contributed by atoms with van der Waals surface area (Å²) in [6, 6.07) is 12.1. The molecule has 0 amide bonds. The molecule has 0 bridgehead atoms. The van der Waals surface area contributed by atoms with Crippen LogP contribution in [0, 0.1) is 5.82 Å². The molecule has 1 N–H and O–H groups in total. The zero-order valence-electron chi connectivity index (χ0n) is 9.91. The molecule has 0 heterocycles. The van der Waals surface area contributed by atoms with Crippen LogP contribution in [-0.2, 0) is 6.54 Å². The first-order valence-corrected chi connectivity index (χ1v) is 6.35. The molecular formula is C14H13BrFNO. The van der Waals surface area contributed by atoms with E-state index >= 15 is 0 Å². The zero-order valence-corrected chi connectivity index (χ0v) is 11.5. The van der Waals surface area contributed by atoms with Gasteiger partial charge in [-0.05, 0) is 52.8 Å². The number of hydrogen-bond donors (Lipinski definition) is 1. The number of para-hydroxylation sites is 1. The predicted molar refractivity (Wildman–Crippen MR) is 73.4 cm³/mol. The fraction of sp³-hybridized carbons (Fsp3) is 0.143. The third kappa shape index (κ3) is 3.09. The lowest BCUT2D eigenvalue weighted by atomic mass is 10.2. The molecule has 94 valence electrons. The lowest BCUT2D eigenvalue weighted by molar-refractivity contribution is 0.440. The Kier molecular flexibility index (Phi) is 4.33. The van der Waals surface area contributed by atoms with Crippen molar-refractivity contribution >= 4 is 15.9 Å². The van der Waals surface area contributed by atoms with Crippen LogP contribution >= 0.6 is 15.9 Å². The predicted octanol–water partition coefficient (Wildman–Crippen LogP) is 4.10. The molecule has 0 saturated carbocycles. The Hall–Kier alpha value is -1.39. The second-order valence-electron chi connectivity index (χ2n) is 3.83. The van der Waals surface area contributed by atoms with E-state index in [9.17, 15) is 4.39 Å². The minimum Gasteiger partial charge on any atom is -0.453 e. The van der Waals surface area contributed by atoms with Crippen molar-refractivity contribution in [1.29, 1.82) is 0 Å². The van der Waals surface area contributed by atoms with Crippen molar-refractivity contribution in [3.8, 4) is 11.5 Å². The number of rotatable bonds is 4. The van der Waals surface area contributed by atoms with Crippen molar-refractivity contribution < 1.29 is 9.13 Å². The van der Waals surface area contributed by atoms with Crippen LogP contribution in [0.2, 0.25) is 0 Å². The van der Waals surface area contributed by atoms with E-state index in [1.54, 1.807) is 18.2 Å². The molecule has 0 aliphatic rings. The maximum atomic E-state index is 13.5. The van der Waals surface area contributed by atoms with Crippen LogP contribution in [0.4, 0.5) is 4.39 Å². The van der Waals surface area contributed by atoms with Gasteiger partial charge in [0, 0.05) is 6.54 Å². The van der Waals surface area contributed by atoms with Gasteiger partial charge in [0.25, 0.3) is 0 Å². The molecule has 0 radical (unpaired) electrons. The van der Waals surface area contributed by atoms with Crippen LogP contribution < -0.4 is 10.1 Å². The largest absolute Gasteiger partial charge is 0.453 e. The molecule has 2 aromatic rings. The van der Waals surface area contributed by atoms with E-state index in [0.29, 0.717) is 5.75 Å². The SMILES string of the molecule is CNCc1ccc(Oc2ccccc2F)c(Br)c1. The van der Waals surface area contributed by atoms with Gasteiger partial charge in [0.1, 0.15) is 5.75 Å². The van der Waals surface area contributed by atoms with Crippen molar-refractivity contribution in [2.24, 2.45) is 0 Å². The lowest BCUT2D eigenvalue weighted by Crippen LogP contribution is -2.04. The molecule has 0 spiro atoms. The summed E-state index contributed by atoms with van der Waals surface area (Å²) in [6.45, 7) is 0.776. The molecular weight excluding hydrogens is 297 g/mol. The Morgan fingerprint density at radius 3 is 2.61 bits per heavy atom. The topological polar surface area (TPSA) is 21.3 Å². The highest BCUT2D eigenvalue weighted by atomic mass is 79.9. The van der Waals surface area contributed by atoms with Crippen molar-refractivity contribution in [2.45, 2.75) is 6.54 Å². The lowest BCUT2D eigenvalue weighted by Gasteiger charge is -2.10. The summed E-state index contributed by atoms with van der Waals surface area (Å²) >= 11 is 3.42. The van der Waals surface area contributed by atoms with Crippen molar-refractivity contribution in [1.82, 2.24) is 5.32 Å². The van der Waals surface area contributed by atoms with Gasteiger partial charge in [-0.1, -0.05) is 18.2 Å². The monoisotopic (exact) mass is 309 g/mol. The first kappa shape index (κ1) is 13.1. The van der Waals surface area contributed by atoms with E-state index in [1.165, 1.54) is 6.07 Å². The van der Waals surface area contributed by atoms with Gasteiger partial charge in [0.2, 0.25) is 0 Å². The van der Waals surface area contributed by atoms with Gasteiger partial charge in [-0.2, -0.15) is 0 Å². The molecule has 4 heteroatoms. The molecule has 0 saturated heterocycles. The first-order valence-electron chi connectivity index (χ1n) is 5.56. The Labute approximate surface area is 114 Å². The fourth-order valence-corrected chi connectivity index (χ4v) is 2.09. The van der Waals surface area contributed by atoms with E-state index in [1.807, 2.05) is 25.2 Å². The van der Waals surface area contributed by atoms with Gasteiger partial charge in [-0.25, -0.2) is 4.39 Å². The molecule has 0 aliphatic carbocycles. The molecule has 2 aromatic carbocycles. The molecule has 2 nitrogen and oxygen atoms in total. The van der Waals surface area contributed by atoms with Crippen LogP contribution in [0.3, 0.4) is 0 Å². The minimum absolute atomic E-state index is 0.222. The summed E-state index contributed by atoms with van der Waals surface area (Å²) in [5, 5.41) is 3.07. The Bertz CT molecular complexity index is 545. The first-order chi connectivity index (χ1) is 8.70. The Balaban J connectivity index is 2.22. The average molecular weight is 310 g/mol. The number of halogens is 2. The smallest absolute Gasteiger partial charge is 0.165 e.